The smallest absolute Gasteiger partial charge is 0.309 e. The molecule has 0 spiro atoms. The summed E-state index contributed by atoms with van der Waals surface area (Å²) < 4.78 is 5.14. The normalized spacial score (nSPS) is 19.1. The van der Waals surface area contributed by atoms with Crippen LogP contribution in [0.15, 0.2) is 46.6 Å². The van der Waals surface area contributed by atoms with Gasteiger partial charge in [-0.25, -0.2) is 0 Å². The number of Topliss-reactive ketones (excluding diaryl/α,β-unsaturated/α-hetero) is 2. The van der Waals surface area contributed by atoms with Gasteiger partial charge < -0.3 is 9.84 Å². The van der Waals surface area contributed by atoms with E-state index in [-0.39, 0.29) is 22.4 Å². The molecule has 1 N–H and O–H groups in total. The van der Waals surface area contributed by atoms with Gasteiger partial charge in [-0.05, 0) is 108 Å². The molecule has 0 heterocycles. The molecule has 0 aromatic carbocycles. The number of ketones is 2. The number of rotatable bonds is 15. The predicted molar refractivity (Wildman–Crippen MR) is 154 cm³/mol. The third kappa shape index (κ3) is 9.74. The highest BCUT2D eigenvalue weighted by Crippen LogP contribution is 2.37. The molecule has 6 heteroatoms. The number of allylic oxidation sites excluding steroid dienone is 8. The number of aliphatic carboxylic acids is 1. The van der Waals surface area contributed by atoms with Crippen molar-refractivity contribution in [3.8, 4) is 0 Å². The van der Waals surface area contributed by atoms with E-state index in [1.54, 1.807) is 13.8 Å². The van der Waals surface area contributed by atoms with Crippen molar-refractivity contribution >= 4 is 24.0 Å². The molecule has 0 atom stereocenters. The average molecular weight is 541 g/mol. The third-order valence-electron chi connectivity index (χ3n) is 7.66. The maximum absolute atomic E-state index is 13.3. The van der Waals surface area contributed by atoms with Crippen LogP contribution in [0, 0.1) is 16.2 Å². The molecule has 0 amide bonds. The Labute approximate surface area is 234 Å². The van der Waals surface area contributed by atoms with Crippen LogP contribution in [-0.2, 0) is 23.9 Å². The second-order valence-electron chi connectivity index (χ2n) is 13.7. The predicted octanol–water partition coefficient (Wildman–Crippen LogP) is 7.48. The number of carbonyl (C=O) groups excluding carboxylic acids is 3. The summed E-state index contributed by atoms with van der Waals surface area (Å²) in [6.07, 6.45) is 13.8. The molecule has 0 aromatic heterocycles. The van der Waals surface area contributed by atoms with Crippen molar-refractivity contribution in [1.29, 1.82) is 0 Å². The Morgan fingerprint density at radius 1 is 0.744 bits per heavy atom. The van der Waals surface area contributed by atoms with E-state index in [1.807, 2.05) is 32.1 Å². The summed E-state index contributed by atoms with van der Waals surface area (Å²) in [5.41, 5.74) is 1.31. The second-order valence-corrected chi connectivity index (χ2v) is 13.7. The van der Waals surface area contributed by atoms with Crippen molar-refractivity contribution in [3.63, 3.8) is 0 Å². The molecule has 2 aliphatic carbocycles. The Morgan fingerprint density at radius 2 is 1.10 bits per heavy atom. The molecule has 0 bridgehead atoms. The minimum absolute atomic E-state index is 0.0486. The molecule has 0 unspecified atom stereocenters. The van der Waals surface area contributed by atoms with Gasteiger partial charge in [-0.2, -0.15) is 0 Å². The number of carboxylic acid groups (broad SMARTS) is 1. The Kier molecular flexibility index (Phi) is 10.5. The van der Waals surface area contributed by atoms with Gasteiger partial charge in [-0.15, -0.1) is 0 Å². The van der Waals surface area contributed by atoms with Crippen LogP contribution >= 0.6 is 0 Å². The van der Waals surface area contributed by atoms with Crippen LogP contribution in [0.1, 0.15) is 113 Å². The summed E-state index contributed by atoms with van der Waals surface area (Å²) >= 11 is 0. The van der Waals surface area contributed by atoms with Gasteiger partial charge >= 0.3 is 5.97 Å². The first-order valence-electron chi connectivity index (χ1n) is 14.2. The van der Waals surface area contributed by atoms with Crippen molar-refractivity contribution in [3.05, 3.63) is 46.6 Å². The topological polar surface area (TPSA) is 97.7 Å². The minimum atomic E-state index is -0.823. The van der Waals surface area contributed by atoms with E-state index in [0.29, 0.717) is 57.8 Å². The summed E-state index contributed by atoms with van der Waals surface area (Å²) in [5.74, 6) is -0.697. The fourth-order valence-corrected chi connectivity index (χ4v) is 5.49. The van der Waals surface area contributed by atoms with E-state index in [4.69, 9.17) is 4.74 Å². The Hall–Kier alpha value is -2.76. The van der Waals surface area contributed by atoms with Crippen molar-refractivity contribution in [2.75, 3.05) is 0 Å². The van der Waals surface area contributed by atoms with Crippen LogP contribution in [-0.4, -0.2) is 34.7 Å². The van der Waals surface area contributed by atoms with Crippen LogP contribution in [0.4, 0.5) is 0 Å². The Balaban J connectivity index is 1.99. The molecule has 2 aliphatic rings. The average Bonchev–Trinajstić information content (AvgIpc) is 2.78. The maximum Gasteiger partial charge on any atom is 0.309 e. The fourth-order valence-electron chi connectivity index (χ4n) is 5.49. The molecule has 0 fully saturated rings. The molecular weight excluding hydrogens is 492 g/mol. The number of hydrogen-bond donors (Lipinski definition) is 1. The molecule has 0 radical (unpaired) electrons. The molecule has 2 rings (SSSR count). The summed E-state index contributed by atoms with van der Waals surface area (Å²) in [5, 5.41) is 9.38. The van der Waals surface area contributed by atoms with Gasteiger partial charge in [0.25, 0.3) is 6.47 Å². The summed E-state index contributed by atoms with van der Waals surface area (Å²) in [6.45, 7) is 16.0. The SMILES string of the molecule is CC1(C)C=C(CCCC2=CC(C)(C)C=C(CCCC(C)(C)C(=O)O)C2=O)C(=O)C(CCCC(C)(C)OC=O)=C1. The number of carboxylic acids is 1. The van der Waals surface area contributed by atoms with Gasteiger partial charge in [0.15, 0.2) is 11.6 Å². The molecule has 0 aromatic rings. The highest BCUT2D eigenvalue weighted by Gasteiger charge is 2.31. The number of ether oxygens (including phenoxy) is 1. The Bertz CT molecular complexity index is 1090. The van der Waals surface area contributed by atoms with E-state index in [2.05, 4.69) is 33.8 Å². The van der Waals surface area contributed by atoms with Crippen LogP contribution in [0.25, 0.3) is 0 Å². The summed E-state index contributed by atoms with van der Waals surface area (Å²) in [7, 11) is 0. The van der Waals surface area contributed by atoms with Crippen molar-refractivity contribution in [2.24, 2.45) is 16.2 Å². The standard InChI is InChI=1S/C33H48O6/c1-30(2)18-23(27(35)25(20-30)14-10-16-32(5,6)29(37)38)12-9-13-24-19-31(3,4)21-26(28(24)36)15-11-17-33(7,8)39-22-34/h18-22H,9-17H2,1-8H3,(H,37,38). The van der Waals surface area contributed by atoms with Gasteiger partial charge in [-0.3, -0.25) is 19.2 Å². The van der Waals surface area contributed by atoms with Crippen LogP contribution in [0.3, 0.4) is 0 Å². The zero-order valence-electron chi connectivity index (χ0n) is 25.2. The number of hydrogen-bond acceptors (Lipinski definition) is 5. The lowest BCUT2D eigenvalue weighted by Gasteiger charge is -2.28. The van der Waals surface area contributed by atoms with Gasteiger partial charge in [0, 0.05) is 10.8 Å². The van der Waals surface area contributed by atoms with E-state index < -0.39 is 17.0 Å². The first-order chi connectivity index (χ1) is 17.9. The van der Waals surface area contributed by atoms with Gasteiger partial charge in [0.05, 0.1) is 5.41 Å². The van der Waals surface area contributed by atoms with E-state index in [9.17, 15) is 24.3 Å². The lowest BCUT2D eigenvalue weighted by Crippen LogP contribution is -2.24. The van der Waals surface area contributed by atoms with Gasteiger partial charge in [0.1, 0.15) is 5.60 Å². The van der Waals surface area contributed by atoms with E-state index in [1.165, 1.54) is 0 Å². The molecule has 39 heavy (non-hydrogen) atoms. The quantitative estimate of drug-likeness (QED) is 0.216. The fraction of sp³-hybridized carbons (Fsp3) is 0.636. The minimum Gasteiger partial charge on any atom is -0.481 e. The molecular formula is C33H48O6. The zero-order chi connectivity index (χ0) is 29.6. The van der Waals surface area contributed by atoms with Crippen molar-refractivity contribution < 1.29 is 29.0 Å². The van der Waals surface area contributed by atoms with Crippen molar-refractivity contribution in [2.45, 2.75) is 119 Å². The molecule has 0 saturated heterocycles. The largest absolute Gasteiger partial charge is 0.481 e. The van der Waals surface area contributed by atoms with Crippen LogP contribution in [0.5, 0.6) is 0 Å². The van der Waals surface area contributed by atoms with E-state index in [0.717, 1.165) is 28.7 Å². The van der Waals surface area contributed by atoms with Gasteiger partial charge in [0.2, 0.25) is 0 Å². The maximum atomic E-state index is 13.3. The van der Waals surface area contributed by atoms with Crippen molar-refractivity contribution in [1.82, 2.24) is 0 Å². The van der Waals surface area contributed by atoms with E-state index >= 15 is 0 Å². The third-order valence-corrected chi connectivity index (χ3v) is 7.66. The highest BCUT2D eigenvalue weighted by molar-refractivity contribution is 6.10. The Morgan fingerprint density at radius 3 is 1.46 bits per heavy atom. The molecule has 0 aliphatic heterocycles. The van der Waals surface area contributed by atoms with Crippen LogP contribution < -0.4 is 0 Å². The summed E-state index contributed by atoms with van der Waals surface area (Å²) in [4.78, 5) is 48.7. The van der Waals surface area contributed by atoms with Crippen LogP contribution in [0.2, 0.25) is 0 Å². The first kappa shape index (κ1) is 32.5. The second kappa shape index (κ2) is 12.6. The number of carbonyl (C=O) groups is 4. The zero-order valence-corrected chi connectivity index (χ0v) is 25.2. The van der Waals surface area contributed by atoms with Gasteiger partial charge in [-0.1, -0.05) is 52.0 Å². The lowest BCUT2D eigenvalue weighted by molar-refractivity contribution is -0.147. The summed E-state index contributed by atoms with van der Waals surface area (Å²) in [6, 6.07) is 0. The molecule has 0 saturated carbocycles. The molecule has 216 valence electrons. The monoisotopic (exact) mass is 540 g/mol. The first-order valence-corrected chi connectivity index (χ1v) is 14.2. The molecule has 6 nitrogen and oxygen atoms in total. The highest BCUT2D eigenvalue weighted by atomic mass is 16.5. The lowest BCUT2D eigenvalue weighted by atomic mass is 9.76.